The lowest BCUT2D eigenvalue weighted by Crippen LogP contribution is -2.22. The molecule has 1 saturated heterocycles. The fraction of sp³-hybridized carbons (Fsp3) is 0.261. The molecule has 5 rings (SSSR count). The van der Waals surface area contributed by atoms with Crippen molar-refractivity contribution in [3.05, 3.63) is 60.4 Å². The summed E-state index contributed by atoms with van der Waals surface area (Å²) in [4.78, 5) is 15.2. The Bertz CT molecular complexity index is 1220. The van der Waals surface area contributed by atoms with Gasteiger partial charge in [0.15, 0.2) is 0 Å². The zero-order valence-corrected chi connectivity index (χ0v) is 16.8. The van der Waals surface area contributed by atoms with E-state index in [4.69, 9.17) is 9.15 Å². The van der Waals surface area contributed by atoms with Crippen LogP contribution in [0, 0.1) is 13.8 Å². The molecule has 7 heteroatoms. The number of aryl methyl sites for hydroxylation is 2. The van der Waals surface area contributed by atoms with Crippen LogP contribution < -0.4 is 9.64 Å². The number of halogens is 1. The molecule has 0 amide bonds. The van der Waals surface area contributed by atoms with Crippen molar-refractivity contribution in [2.75, 3.05) is 18.0 Å². The first-order valence-electron chi connectivity index (χ1n) is 9.92. The maximum Gasteiger partial charge on any atom is 0.230 e. The van der Waals surface area contributed by atoms with Crippen molar-refractivity contribution in [3.8, 4) is 22.8 Å². The van der Waals surface area contributed by atoms with Crippen LogP contribution in [0.25, 0.3) is 22.1 Å². The summed E-state index contributed by atoms with van der Waals surface area (Å²) in [5.74, 6) is 1.96. The topological polar surface area (TPSA) is 64.3 Å². The predicted octanol–water partition coefficient (Wildman–Crippen LogP) is 5.24. The molecule has 0 aliphatic carbocycles. The smallest absolute Gasteiger partial charge is 0.230 e. The molecular formula is C23H21FN4O2. The van der Waals surface area contributed by atoms with Crippen LogP contribution in [0.15, 0.2) is 53.5 Å². The molecule has 1 fully saturated rings. The SMILES string of the molecule is Cc1cc(Oc2nccc3occc23)ccc1-c1c(C)ncnc1N1CC[C@H](F)C1. The highest BCUT2D eigenvalue weighted by molar-refractivity contribution is 5.83. The zero-order valence-electron chi connectivity index (χ0n) is 16.8. The Balaban J connectivity index is 1.51. The van der Waals surface area contributed by atoms with Gasteiger partial charge in [0.1, 0.15) is 29.6 Å². The van der Waals surface area contributed by atoms with E-state index in [2.05, 4.69) is 15.0 Å². The van der Waals surface area contributed by atoms with Crippen LogP contribution in [0.3, 0.4) is 0 Å². The van der Waals surface area contributed by atoms with Crippen LogP contribution in [0.5, 0.6) is 11.6 Å². The van der Waals surface area contributed by atoms with E-state index in [1.54, 1.807) is 24.9 Å². The van der Waals surface area contributed by atoms with Crippen molar-refractivity contribution >= 4 is 16.8 Å². The van der Waals surface area contributed by atoms with E-state index >= 15 is 0 Å². The molecule has 4 heterocycles. The quantitative estimate of drug-likeness (QED) is 0.463. The number of anilines is 1. The summed E-state index contributed by atoms with van der Waals surface area (Å²) in [7, 11) is 0. The number of nitrogens with zero attached hydrogens (tertiary/aromatic N) is 4. The lowest BCUT2D eigenvalue weighted by atomic mass is 9.99. The monoisotopic (exact) mass is 404 g/mol. The molecular weight excluding hydrogens is 383 g/mol. The Hall–Kier alpha value is -3.48. The molecule has 1 atom stereocenters. The fourth-order valence-electron chi connectivity index (χ4n) is 3.97. The molecule has 0 N–H and O–H groups in total. The van der Waals surface area contributed by atoms with Gasteiger partial charge in [0.05, 0.1) is 23.9 Å². The molecule has 1 aliphatic heterocycles. The first kappa shape index (κ1) is 18.5. The van der Waals surface area contributed by atoms with Crippen LogP contribution in [-0.2, 0) is 0 Å². The second-order valence-electron chi connectivity index (χ2n) is 7.52. The second-order valence-corrected chi connectivity index (χ2v) is 7.52. The van der Waals surface area contributed by atoms with Crippen LogP contribution in [-0.4, -0.2) is 34.2 Å². The number of rotatable bonds is 4. The minimum atomic E-state index is -0.817. The third-order valence-corrected chi connectivity index (χ3v) is 5.47. The van der Waals surface area contributed by atoms with Gasteiger partial charge in [-0.25, -0.2) is 19.3 Å². The molecule has 0 saturated carbocycles. The Morgan fingerprint density at radius 2 is 2.03 bits per heavy atom. The number of fused-ring (bicyclic) bond motifs is 1. The first-order valence-corrected chi connectivity index (χ1v) is 9.92. The molecule has 4 aromatic rings. The van der Waals surface area contributed by atoms with Crippen molar-refractivity contribution in [3.63, 3.8) is 0 Å². The van der Waals surface area contributed by atoms with Crippen molar-refractivity contribution in [2.45, 2.75) is 26.4 Å². The Morgan fingerprint density at radius 3 is 2.83 bits per heavy atom. The molecule has 1 aromatic carbocycles. The summed E-state index contributed by atoms with van der Waals surface area (Å²) in [6.45, 7) is 5.00. The zero-order chi connectivity index (χ0) is 20.7. The van der Waals surface area contributed by atoms with Gasteiger partial charge in [-0.1, -0.05) is 6.07 Å². The highest BCUT2D eigenvalue weighted by Crippen LogP contribution is 2.37. The van der Waals surface area contributed by atoms with Gasteiger partial charge in [-0.15, -0.1) is 0 Å². The van der Waals surface area contributed by atoms with E-state index in [-0.39, 0.29) is 0 Å². The van der Waals surface area contributed by atoms with E-state index in [0.717, 1.165) is 39.2 Å². The van der Waals surface area contributed by atoms with Gasteiger partial charge in [0.25, 0.3) is 0 Å². The van der Waals surface area contributed by atoms with Gasteiger partial charge in [0.2, 0.25) is 5.88 Å². The fourth-order valence-corrected chi connectivity index (χ4v) is 3.97. The standard InChI is InChI=1S/C23H21FN4O2/c1-14-11-17(30-23-19-7-10-29-20(19)5-8-25-23)3-4-18(14)21-15(2)26-13-27-22(21)28-9-6-16(24)12-28/h3-5,7-8,10-11,13,16H,6,9,12H2,1-2H3/t16-/m0/s1. The van der Waals surface area contributed by atoms with E-state index < -0.39 is 6.17 Å². The lowest BCUT2D eigenvalue weighted by Gasteiger charge is -2.22. The van der Waals surface area contributed by atoms with Crippen LogP contribution >= 0.6 is 0 Å². The van der Waals surface area contributed by atoms with Crippen LogP contribution in [0.1, 0.15) is 17.7 Å². The summed E-state index contributed by atoms with van der Waals surface area (Å²) in [6, 6.07) is 9.51. The number of furan rings is 1. The number of hydrogen-bond acceptors (Lipinski definition) is 6. The minimum absolute atomic E-state index is 0.365. The highest BCUT2D eigenvalue weighted by atomic mass is 19.1. The van der Waals surface area contributed by atoms with Gasteiger partial charge in [-0.05, 0) is 55.7 Å². The van der Waals surface area contributed by atoms with Crippen LogP contribution in [0.2, 0.25) is 0 Å². The van der Waals surface area contributed by atoms with Crippen LogP contribution in [0.4, 0.5) is 10.2 Å². The van der Waals surface area contributed by atoms with E-state index in [9.17, 15) is 4.39 Å². The number of benzene rings is 1. The summed E-state index contributed by atoms with van der Waals surface area (Å²) in [5, 5.41) is 0.823. The molecule has 0 radical (unpaired) electrons. The van der Waals surface area contributed by atoms with Crippen molar-refractivity contribution in [2.24, 2.45) is 0 Å². The number of hydrogen-bond donors (Lipinski definition) is 0. The van der Waals surface area contributed by atoms with E-state index in [1.165, 1.54) is 0 Å². The molecule has 6 nitrogen and oxygen atoms in total. The number of aromatic nitrogens is 3. The summed E-state index contributed by atoms with van der Waals surface area (Å²) in [6.07, 6.45) is 4.54. The van der Waals surface area contributed by atoms with Gasteiger partial charge in [0, 0.05) is 18.3 Å². The van der Waals surface area contributed by atoms with Gasteiger partial charge >= 0.3 is 0 Å². The third-order valence-electron chi connectivity index (χ3n) is 5.47. The summed E-state index contributed by atoms with van der Waals surface area (Å²) in [5.41, 5.74) is 4.55. The predicted molar refractivity (Wildman–Crippen MR) is 113 cm³/mol. The molecule has 0 spiro atoms. The Morgan fingerprint density at radius 1 is 1.13 bits per heavy atom. The maximum absolute atomic E-state index is 13.8. The first-order chi connectivity index (χ1) is 14.6. The van der Waals surface area contributed by atoms with Crippen molar-refractivity contribution in [1.82, 2.24) is 15.0 Å². The Kier molecular flexibility index (Phi) is 4.58. The average Bonchev–Trinajstić information content (AvgIpc) is 3.38. The number of alkyl halides is 1. The van der Waals surface area contributed by atoms with E-state index in [1.807, 2.05) is 43.0 Å². The molecule has 152 valence electrons. The average molecular weight is 404 g/mol. The van der Waals surface area contributed by atoms with Gasteiger partial charge in [-0.3, -0.25) is 0 Å². The lowest BCUT2D eigenvalue weighted by molar-refractivity contribution is 0.364. The molecule has 1 aliphatic rings. The normalized spacial score (nSPS) is 16.4. The number of ether oxygens (including phenoxy) is 1. The van der Waals surface area contributed by atoms with Crippen molar-refractivity contribution in [1.29, 1.82) is 0 Å². The van der Waals surface area contributed by atoms with Gasteiger partial charge in [-0.2, -0.15) is 0 Å². The van der Waals surface area contributed by atoms with Gasteiger partial charge < -0.3 is 14.1 Å². The summed E-state index contributed by atoms with van der Waals surface area (Å²) < 4.78 is 25.3. The maximum atomic E-state index is 13.8. The van der Waals surface area contributed by atoms with Crippen molar-refractivity contribution < 1.29 is 13.5 Å². The number of pyridine rings is 1. The minimum Gasteiger partial charge on any atom is -0.464 e. The molecule has 0 unspecified atom stereocenters. The third kappa shape index (κ3) is 3.26. The van der Waals surface area contributed by atoms with E-state index in [0.29, 0.717) is 31.1 Å². The molecule has 3 aromatic heterocycles. The summed E-state index contributed by atoms with van der Waals surface area (Å²) >= 11 is 0. The largest absolute Gasteiger partial charge is 0.464 e. The molecule has 30 heavy (non-hydrogen) atoms. The Labute approximate surface area is 173 Å². The molecule has 0 bridgehead atoms. The second kappa shape index (κ2) is 7.40. The highest BCUT2D eigenvalue weighted by Gasteiger charge is 2.26.